The van der Waals surface area contributed by atoms with Gasteiger partial charge < -0.3 is 5.11 Å². The van der Waals surface area contributed by atoms with Gasteiger partial charge in [0, 0.05) is 6.61 Å². The quantitative estimate of drug-likeness (QED) is 0.599. The highest BCUT2D eigenvalue weighted by Gasteiger charge is 2.20. The molecule has 0 bridgehead atoms. The fourth-order valence-electron chi connectivity index (χ4n) is 1.04. The third-order valence-corrected chi connectivity index (χ3v) is 1.84. The van der Waals surface area contributed by atoms with Crippen LogP contribution in [-0.2, 0) is 0 Å². The van der Waals surface area contributed by atoms with E-state index in [9.17, 15) is 0 Å². The number of hydrogen-bond acceptors (Lipinski definition) is 1. The summed E-state index contributed by atoms with van der Waals surface area (Å²) >= 11 is 0. The largest absolute Gasteiger partial charge is 0.396 e. The van der Waals surface area contributed by atoms with Crippen LogP contribution in [0, 0.1) is 11.3 Å². The maximum atomic E-state index is 8.68. The molecular formula is C9H18O. The Morgan fingerprint density at radius 3 is 2.10 bits per heavy atom. The topological polar surface area (TPSA) is 20.2 Å². The van der Waals surface area contributed by atoms with Gasteiger partial charge in [0.2, 0.25) is 0 Å². The summed E-state index contributed by atoms with van der Waals surface area (Å²) in [6.07, 6.45) is 2.75. The van der Waals surface area contributed by atoms with Crippen LogP contribution in [0.25, 0.3) is 0 Å². The molecule has 10 heavy (non-hydrogen) atoms. The maximum Gasteiger partial charge on any atom is 0.0436 e. The van der Waals surface area contributed by atoms with Gasteiger partial charge in [0.1, 0.15) is 0 Å². The molecule has 0 aromatic heterocycles. The Hall–Kier alpha value is -0.300. The van der Waals surface area contributed by atoms with Gasteiger partial charge in [-0.2, -0.15) is 0 Å². The van der Waals surface area contributed by atoms with Gasteiger partial charge in [0.05, 0.1) is 0 Å². The van der Waals surface area contributed by atoms with E-state index >= 15 is 0 Å². The molecule has 0 aromatic rings. The first kappa shape index (κ1) is 9.70. The van der Waals surface area contributed by atoms with Crippen LogP contribution < -0.4 is 0 Å². The van der Waals surface area contributed by atoms with Gasteiger partial charge in [-0.05, 0) is 17.8 Å². The van der Waals surface area contributed by atoms with Crippen molar-refractivity contribution in [2.75, 3.05) is 6.61 Å². The molecular weight excluding hydrogens is 124 g/mol. The average molecular weight is 142 g/mol. The van der Waals surface area contributed by atoms with Crippen molar-refractivity contribution in [3.8, 4) is 0 Å². The molecule has 0 aromatic carbocycles. The van der Waals surface area contributed by atoms with Crippen molar-refractivity contribution >= 4 is 0 Å². The molecule has 60 valence electrons. The first-order chi connectivity index (χ1) is 4.52. The molecule has 0 radical (unpaired) electrons. The van der Waals surface area contributed by atoms with E-state index in [0.717, 1.165) is 6.42 Å². The highest BCUT2D eigenvalue weighted by atomic mass is 16.3. The lowest BCUT2D eigenvalue weighted by Crippen LogP contribution is -2.19. The number of aliphatic hydroxyl groups is 1. The van der Waals surface area contributed by atoms with Crippen LogP contribution >= 0.6 is 0 Å². The maximum absolute atomic E-state index is 8.68. The van der Waals surface area contributed by atoms with Gasteiger partial charge in [-0.1, -0.05) is 26.8 Å². The molecule has 1 nitrogen and oxygen atoms in total. The van der Waals surface area contributed by atoms with Crippen molar-refractivity contribution in [1.29, 1.82) is 0 Å². The van der Waals surface area contributed by atoms with Crippen LogP contribution in [0.1, 0.15) is 27.2 Å². The lowest BCUT2D eigenvalue weighted by Gasteiger charge is -2.27. The van der Waals surface area contributed by atoms with Gasteiger partial charge in [-0.25, -0.2) is 0 Å². The van der Waals surface area contributed by atoms with Crippen molar-refractivity contribution in [3.63, 3.8) is 0 Å². The number of aliphatic hydroxyl groups excluding tert-OH is 1. The Morgan fingerprint density at radius 2 is 2.00 bits per heavy atom. The van der Waals surface area contributed by atoms with E-state index in [-0.39, 0.29) is 12.0 Å². The summed E-state index contributed by atoms with van der Waals surface area (Å²) in [5.41, 5.74) is 0.241. The molecule has 0 fully saturated rings. The van der Waals surface area contributed by atoms with Crippen LogP contribution in [0.5, 0.6) is 0 Å². The van der Waals surface area contributed by atoms with Crippen molar-refractivity contribution in [2.24, 2.45) is 11.3 Å². The molecule has 0 aliphatic rings. The molecule has 0 amide bonds. The van der Waals surface area contributed by atoms with Gasteiger partial charge in [0.15, 0.2) is 0 Å². The third kappa shape index (κ3) is 3.02. The van der Waals surface area contributed by atoms with Crippen LogP contribution in [0.4, 0.5) is 0 Å². The van der Waals surface area contributed by atoms with E-state index < -0.39 is 0 Å². The van der Waals surface area contributed by atoms with Crippen LogP contribution in [0.3, 0.4) is 0 Å². The van der Waals surface area contributed by atoms with E-state index in [1.807, 2.05) is 6.08 Å². The summed E-state index contributed by atoms with van der Waals surface area (Å²) in [6.45, 7) is 10.5. The van der Waals surface area contributed by atoms with Crippen molar-refractivity contribution in [2.45, 2.75) is 27.2 Å². The van der Waals surface area contributed by atoms with E-state index in [4.69, 9.17) is 5.11 Å². The lowest BCUT2D eigenvalue weighted by molar-refractivity contribution is 0.207. The molecule has 0 saturated carbocycles. The summed E-state index contributed by atoms with van der Waals surface area (Å²) in [7, 11) is 0. The predicted octanol–water partition coefficient (Wildman–Crippen LogP) is 2.22. The second kappa shape index (κ2) is 3.77. The molecule has 0 rings (SSSR count). The SMILES string of the molecule is C=CC(CCO)C(C)(C)C. The highest BCUT2D eigenvalue weighted by Crippen LogP contribution is 2.28. The Balaban J connectivity index is 3.93. The van der Waals surface area contributed by atoms with Gasteiger partial charge in [-0.15, -0.1) is 6.58 Å². The van der Waals surface area contributed by atoms with E-state index in [1.54, 1.807) is 0 Å². The van der Waals surface area contributed by atoms with Crippen molar-refractivity contribution < 1.29 is 5.11 Å². The summed E-state index contributed by atoms with van der Waals surface area (Å²) in [4.78, 5) is 0. The zero-order valence-corrected chi connectivity index (χ0v) is 7.22. The number of hydrogen-bond donors (Lipinski definition) is 1. The van der Waals surface area contributed by atoms with Gasteiger partial charge >= 0.3 is 0 Å². The minimum atomic E-state index is 0.241. The summed E-state index contributed by atoms with van der Waals surface area (Å²) in [5, 5.41) is 8.68. The number of rotatable bonds is 3. The van der Waals surface area contributed by atoms with Crippen LogP contribution in [0.15, 0.2) is 12.7 Å². The third-order valence-electron chi connectivity index (χ3n) is 1.84. The zero-order valence-electron chi connectivity index (χ0n) is 7.22. The lowest BCUT2D eigenvalue weighted by atomic mass is 9.79. The first-order valence-corrected chi connectivity index (χ1v) is 3.75. The standard InChI is InChI=1S/C9H18O/c1-5-8(6-7-10)9(2,3)4/h5,8,10H,1,6-7H2,2-4H3. The fourth-order valence-corrected chi connectivity index (χ4v) is 1.04. The van der Waals surface area contributed by atoms with Gasteiger partial charge in [0.25, 0.3) is 0 Å². The van der Waals surface area contributed by atoms with Crippen LogP contribution in [-0.4, -0.2) is 11.7 Å². The van der Waals surface area contributed by atoms with Gasteiger partial charge in [-0.3, -0.25) is 0 Å². The molecule has 1 atom stereocenters. The molecule has 0 aliphatic heterocycles. The second-order valence-corrected chi connectivity index (χ2v) is 3.72. The minimum Gasteiger partial charge on any atom is -0.396 e. The van der Waals surface area contributed by atoms with E-state index in [0.29, 0.717) is 5.92 Å². The Bertz CT molecular complexity index is 99.8. The average Bonchev–Trinajstić information content (AvgIpc) is 1.80. The Kier molecular flexibility index (Phi) is 3.66. The smallest absolute Gasteiger partial charge is 0.0436 e. The predicted molar refractivity (Wildman–Crippen MR) is 44.8 cm³/mol. The molecule has 0 saturated heterocycles. The normalized spacial score (nSPS) is 14.8. The summed E-state index contributed by atoms with van der Waals surface area (Å²) < 4.78 is 0. The highest BCUT2D eigenvalue weighted by molar-refractivity contribution is 4.87. The van der Waals surface area contributed by atoms with E-state index in [1.165, 1.54) is 0 Å². The Morgan fingerprint density at radius 1 is 1.50 bits per heavy atom. The summed E-state index contributed by atoms with van der Waals surface area (Å²) in [6, 6.07) is 0. The summed E-state index contributed by atoms with van der Waals surface area (Å²) in [5.74, 6) is 0.428. The fraction of sp³-hybridized carbons (Fsp3) is 0.778. The molecule has 1 unspecified atom stereocenters. The minimum absolute atomic E-state index is 0.241. The Labute approximate surface area is 63.8 Å². The molecule has 1 N–H and O–H groups in total. The first-order valence-electron chi connectivity index (χ1n) is 3.75. The molecule has 0 heterocycles. The zero-order chi connectivity index (χ0) is 8.20. The van der Waals surface area contributed by atoms with E-state index in [2.05, 4.69) is 27.4 Å². The molecule has 0 spiro atoms. The van der Waals surface area contributed by atoms with Crippen molar-refractivity contribution in [1.82, 2.24) is 0 Å². The number of allylic oxidation sites excluding steroid dienone is 1. The molecule has 1 heteroatoms. The monoisotopic (exact) mass is 142 g/mol. The second-order valence-electron chi connectivity index (χ2n) is 3.72. The molecule has 0 aliphatic carbocycles. The van der Waals surface area contributed by atoms with Crippen molar-refractivity contribution in [3.05, 3.63) is 12.7 Å². The van der Waals surface area contributed by atoms with Crippen LogP contribution in [0.2, 0.25) is 0 Å².